The Labute approximate surface area is 130 Å². The third-order valence-corrected chi connectivity index (χ3v) is 5.52. The van der Waals surface area contributed by atoms with E-state index in [2.05, 4.69) is 4.90 Å². The standard InChI is InChI=1S/C16H16N2O3S/c1-12-7-8-14-15-10-17(13-5-3-2-4-6-13)11-18(15)22(19,20)21-16(14)9-12/h2-9,15H,10-11H2,1H3/t15-/m0/s1. The fourth-order valence-electron chi connectivity index (χ4n) is 3.08. The molecule has 0 spiro atoms. The van der Waals surface area contributed by atoms with E-state index in [1.807, 2.05) is 49.4 Å². The van der Waals surface area contributed by atoms with Crippen molar-refractivity contribution in [2.45, 2.75) is 13.0 Å². The van der Waals surface area contributed by atoms with E-state index in [1.165, 1.54) is 4.31 Å². The van der Waals surface area contributed by atoms with Crippen LogP contribution in [0.5, 0.6) is 5.75 Å². The maximum atomic E-state index is 12.4. The van der Waals surface area contributed by atoms with E-state index in [0.717, 1.165) is 16.8 Å². The first-order valence-electron chi connectivity index (χ1n) is 7.16. The Bertz CT molecular complexity index is 821. The number of benzene rings is 2. The highest BCUT2D eigenvalue weighted by atomic mass is 32.2. The van der Waals surface area contributed by atoms with Crippen molar-refractivity contribution < 1.29 is 12.6 Å². The summed E-state index contributed by atoms with van der Waals surface area (Å²) < 4.78 is 31.5. The number of fused-ring (bicyclic) bond motifs is 3. The van der Waals surface area contributed by atoms with Gasteiger partial charge in [0.05, 0.1) is 12.7 Å². The number of hydrogen-bond acceptors (Lipinski definition) is 4. The minimum absolute atomic E-state index is 0.199. The molecule has 1 atom stereocenters. The van der Waals surface area contributed by atoms with Crippen LogP contribution in [-0.2, 0) is 10.3 Å². The van der Waals surface area contributed by atoms with Gasteiger partial charge in [-0.25, -0.2) is 0 Å². The van der Waals surface area contributed by atoms with Gasteiger partial charge in [-0.2, -0.15) is 8.42 Å². The lowest BCUT2D eigenvalue weighted by molar-refractivity contribution is 0.321. The average Bonchev–Trinajstić information content (AvgIpc) is 2.94. The second-order valence-electron chi connectivity index (χ2n) is 5.68. The molecule has 0 unspecified atom stereocenters. The van der Waals surface area contributed by atoms with Crippen LogP contribution in [-0.4, -0.2) is 25.9 Å². The van der Waals surface area contributed by atoms with Crippen LogP contribution in [0.4, 0.5) is 5.69 Å². The van der Waals surface area contributed by atoms with Crippen LogP contribution in [0.25, 0.3) is 0 Å². The van der Waals surface area contributed by atoms with Crippen molar-refractivity contribution in [3.8, 4) is 5.75 Å². The minimum atomic E-state index is -3.74. The molecule has 0 saturated carbocycles. The van der Waals surface area contributed by atoms with Gasteiger partial charge >= 0.3 is 10.3 Å². The summed E-state index contributed by atoms with van der Waals surface area (Å²) in [6.07, 6.45) is 0. The normalized spacial score (nSPS) is 22.8. The fraction of sp³-hybridized carbons (Fsp3) is 0.250. The van der Waals surface area contributed by atoms with Gasteiger partial charge in [0.1, 0.15) is 5.75 Å². The number of nitrogens with zero attached hydrogens (tertiary/aromatic N) is 2. The molecular weight excluding hydrogens is 300 g/mol. The Hall–Kier alpha value is -2.05. The minimum Gasteiger partial charge on any atom is -0.370 e. The largest absolute Gasteiger partial charge is 0.387 e. The van der Waals surface area contributed by atoms with Crippen LogP contribution in [0.2, 0.25) is 0 Å². The summed E-state index contributed by atoms with van der Waals surface area (Å²) in [7, 11) is -3.74. The second kappa shape index (κ2) is 4.72. The van der Waals surface area contributed by atoms with E-state index in [0.29, 0.717) is 19.0 Å². The van der Waals surface area contributed by atoms with E-state index in [1.54, 1.807) is 6.07 Å². The lowest BCUT2D eigenvalue weighted by Gasteiger charge is -2.29. The van der Waals surface area contributed by atoms with Gasteiger partial charge in [0.15, 0.2) is 0 Å². The monoisotopic (exact) mass is 316 g/mol. The topological polar surface area (TPSA) is 49.9 Å². The third kappa shape index (κ3) is 2.07. The molecule has 0 N–H and O–H groups in total. The molecule has 1 fully saturated rings. The fourth-order valence-corrected chi connectivity index (χ4v) is 4.32. The Morgan fingerprint density at radius 1 is 1.14 bits per heavy atom. The molecular formula is C16H16N2O3S. The molecule has 1 saturated heterocycles. The van der Waals surface area contributed by atoms with Gasteiger partial charge in [0.2, 0.25) is 0 Å². The summed E-state index contributed by atoms with van der Waals surface area (Å²) in [6.45, 7) is 2.86. The van der Waals surface area contributed by atoms with Crippen molar-refractivity contribution in [3.05, 3.63) is 59.7 Å². The Balaban J connectivity index is 1.77. The highest BCUT2D eigenvalue weighted by molar-refractivity contribution is 7.84. The SMILES string of the molecule is Cc1ccc2c(c1)OS(=O)(=O)N1CN(c3ccccc3)C[C@@H]21. The van der Waals surface area contributed by atoms with Crippen molar-refractivity contribution in [3.63, 3.8) is 0 Å². The maximum absolute atomic E-state index is 12.4. The molecule has 0 aromatic heterocycles. The molecule has 0 radical (unpaired) electrons. The van der Waals surface area contributed by atoms with Gasteiger partial charge in [-0.15, -0.1) is 4.31 Å². The van der Waals surface area contributed by atoms with Crippen LogP contribution in [0.1, 0.15) is 17.2 Å². The van der Waals surface area contributed by atoms with E-state index in [-0.39, 0.29) is 6.04 Å². The first kappa shape index (κ1) is 13.6. The van der Waals surface area contributed by atoms with Crippen molar-refractivity contribution in [2.24, 2.45) is 0 Å². The molecule has 2 aliphatic heterocycles. The van der Waals surface area contributed by atoms with Gasteiger partial charge < -0.3 is 9.08 Å². The first-order valence-corrected chi connectivity index (χ1v) is 8.53. The maximum Gasteiger partial charge on any atom is 0.387 e. The first-order chi connectivity index (χ1) is 10.5. The Kier molecular flexibility index (Phi) is 2.92. The molecule has 2 aromatic rings. The molecule has 2 heterocycles. The highest BCUT2D eigenvalue weighted by Crippen LogP contribution is 2.42. The van der Waals surface area contributed by atoms with Crippen molar-refractivity contribution in [1.29, 1.82) is 0 Å². The van der Waals surface area contributed by atoms with Crippen LogP contribution < -0.4 is 9.08 Å². The smallest absolute Gasteiger partial charge is 0.370 e. The number of anilines is 1. The molecule has 0 aliphatic carbocycles. The summed E-state index contributed by atoms with van der Waals surface area (Å²) >= 11 is 0. The zero-order valence-electron chi connectivity index (χ0n) is 12.1. The quantitative estimate of drug-likeness (QED) is 0.811. The molecule has 0 amide bonds. The van der Waals surface area contributed by atoms with Gasteiger partial charge in [0, 0.05) is 17.8 Å². The Morgan fingerprint density at radius 2 is 1.91 bits per heavy atom. The number of aryl methyl sites for hydroxylation is 1. The molecule has 114 valence electrons. The van der Waals surface area contributed by atoms with Crippen LogP contribution in [0.15, 0.2) is 48.5 Å². The van der Waals surface area contributed by atoms with Gasteiger partial charge in [-0.1, -0.05) is 30.3 Å². The average molecular weight is 316 g/mol. The van der Waals surface area contributed by atoms with Crippen LogP contribution >= 0.6 is 0 Å². The summed E-state index contributed by atoms with van der Waals surface area (Å²) in [5, 5.41) is 0. The van der Waals surface area contributed by atoms with Gasteiger partial charge in [-0.3, -0.25) is 0 Å². The molecule has 0 bridgehead atoms. The third-order valence-electron chi connectivity index (χ3n) is 4.18. The summed E-state index contributed by atoms with van der Waals surface area (Å²) in [6, 6.07) is 15.4. The second-order valence-corrected chi connectivity index (χ2v) is 7.18. The number of para-hydroxylation sites is 1. The van der Waals surface area contributed by atoms with Crippen molar-refractivity contribution >= 4 is 16.0 Å². The van der Waals surface area contributed by atoms with Crippen molar-refractivity contribution in [2.75, 3.05) is 18.1 Å². The van der Waals surface area contributed by atoms with E-state index >= 15 is 0 Å². The van der Waals surface area contributed by atoms with Gasteiger partial charge in [0.25, 0.3) is 0 Å². The van der Waals surface area contributed by atoms with E-state index < -0.39 is 10.3 Å². The number of rotatable bonds is 1. The lowest BCUT2D eigenvalue weighted by atomic mass is 10.0. The molecule has 2 aliphatic rings. The summed E-state index contributed by atoms with van der Waals surface area (Å²) in [4.78, 5) is 2.06. The summed E-state index contributed by atoms with van der Waals surface area (Å²) in [5.74, 6) is 0.455. The predicted molar refractivity (Wildman–Crippen MR) is 84.0 cm³/mol. The van der Waals surface area contributed by atoms with Crippen LogP contribution in [0, 0.1) is 6.92 Å². The van der Waals surface area contributed by atoms with E-state index in [4.69, 9.17) is 4.18 Å². The van der Waals surface area contributed by atoms with Crippen LogP contribution in [0.3, 0.4) is 0 Å². The van der Waals surface area contributed by atoms with Gasteiger partial charge in [-0.05, 0) is 30.7 Å². The highest BCUT2D eigenvalue weighted by Gasteiger charge is 2.45. The zero-order chi connectivity index (χ0) is 15.3. The molecule has 5 nitrogen and oxygen atoms in total. The zero-order valence-corrected chi connectivity index (χ0v) is 13.0. The molecule has 22 heavy (non-hydrogen) atoms. The molecule has 6 heteroatoms. The number of hydrogen-bond donors (Lipinski definition) is 0. The summed E-state index contributed by atoms with van der Waals surface area (Å²) in [5.41, 5.74) is 2.93. The molecule has 4 rings (SSSR count). The lowest BCUT2D eigenvalue weighted by Crippen LogP contribution is -2.39. The Morgan fingerprint density at radius 3 is 2.68 bits per heavy atom. The van der Waals surface area contributed by atoms with E-state index in [9.17, 15) is 8.42 Å². The predicted octanol–water partition coefficient (Wildman–Crippen LogP) is 2.45. The van der Waals surface area contributed by atoms with Crippen molar-refractivity contribution in [1.82, 2.24) is 4.31 Å². The molecule has 2 aromatic carbocycles.